The van der Waals surface area contributed by atoms with E-state index in [4.69, 9.17) is 9.47 Å². The van der Waals surface area contributed by atoms with Gasteiger partial charge in [0.05, 0.1) is 18.3 Å². The number of benzene rings is 2. The van der Waals surface area contributed by atoms with Crippen LogP contribution in [0.25, 0.3) is 0 Å². The van der Waals surface area contributed by atoms with E-state index in [2.05, 4.69) is 0 Å². The number of aliphatic hydroxyl groups is 5. The van der Waals surface area contributed by atoms with Crippen molar-refractivity contribution in [3.63, 3.8) is 0 Å². The van der Waals surface area contributed by atoms with E-state index in [1.807, 2.05) is 0 Å². The average Bonchev–Trinajstić information content (AvgIpc) is 2.75. The fourth-order valence-corrected chi connectivity index (χ4v) is 4.17. The maximum Gasteiger partial charge on any atom is 0.157 e. The molecule has 2 aliphatic rings. The summed E-state index contributed by atoms with van der Waals surface area (Å²) in [4.78, 5) is 0. The first kappa shape index (κ1) is 22.4. The van der Waals surface area contributed by atoms with Gasteiger partial charge in [0.25, 0.3) is 0 Å². The van der Waals surface area contributed by atoms with Crippen molar-refractivity contribution in [1.82, 2.24) is 0 Å². The summed E-state index contributed by atoms with van der Waals surface area (Å²) in [5.74, 6) is -1.89. The van der Waals surface area contributed by atoms with Crippen molar-refractivity contribution in [2.24, 2.45) is 0 Å². The molecule has 2 heterocycles. The fraction of sp³-hybridized carbons (Fsp3) is 0.429. The van der Waals surface area contributed by atoms with E-state index in [9.17, 15) is 46.0 Å². The van der Waals surface area contributed by atoms with Gasteiger partial charge in [0.2, 0.25) is 0 Å². The molecule has 11 nitrogen and oxygen atoms in total. The van der Waals surface area contributed by atoms with Gasteiger partial charge in [-0.2, -0.15) is 0 Å². The molecule has 2 aromatic rings. The molecule has 11 heteroatoms. The Labute approximate surface area is 181 Å². The molecule has 0 radical (unpaired) electrons. The van der Waals surface area contributed by atoms with Gasteiger partial charge in [0.15, 0.2) is 11.5 Å². The number of phenols is 4. The van der Waals surface area contributed by atoms with Crippen LogP contribution in [0.15, 0.2) is 24.3 Å². The molecule has 1 saturated heterocycles. The van der Waals surface area contributed by atoms with Gasteiger partial charge in [-0.3, -0.25) is 0 Å². The van der Waals surface area contributed by atoms with Crippen LogP contribution >= 0.6 is 0 Å². The Morgan fingerprint density at radius 1 is 0.781 bits per heavy atom. The molecule has 9 N–H and O–H groups in total. The lowest BCUT2D eigenvalue weighted by Crippen LogP contribution is -2.55. The van der Waals surface area contributed by atoms with E-state index in [1.54, 1.807) is 0 Å². The molecule has 0 aromatic heterocycles. The molecule has 4 rings (SSSR count). The number of ether oxygens (including phenoxy) is 2. The van der Waals surface area contributed by atoms with Gasteiger partial charge in [-0.1, -0.05) is 6.07 Å². The molecule has 0 spiro atoms. The number of aromatic hydroxyl groups is 4. The molecule has 0 amide bonds. The second-order valence-corrected chi connectivity index (χ2v) is 7.94. The molecule has 1 fully saturated rings. The van der Waals surface area contributed by atoms with E-state index < -0.39 is 66.6 Å². The Balaban J connectivity index is 1.80. The SMILES string of the molecule is OCC1O[C@@H](c2c(O)cc(O)c3c2O[C@H](c2ccc(O)c(O)c2)[C@H](O)C3)C(O)[C@@H](O)[C@@H]1O. The van der Waals surface area contributed by atoms with E-state index in [1.165, 1.54) is 18.2 Å². The number of hydrogen-bond acceptors (Lipinski definition) is 11. The highest BCUT2D eigenvalue weighted by atomic mass is 16.5. The number of fused-ring (bicyclic) bond motifs is 1. The zero-order chi connectivity index (χ0) is 23.3. The van der Waals surface area contributed by atoms with Crippen LogP contribution in [0, 0.1) is 0 Å². The summed E-state index contributed by atoms with van der Waals surface area (Å²) in [6.45, 7) is -0.683. The van der Waals surface area contributed by atoms with Gasteiger partial charge >= 0.3 is 0 Å². The topological polar surface area (TPSA) is 201 Å². The van der Waals surface area contributed by atoms with Crippen molar-refractivity contribution in [2.75, 3.05) is 6.61 Å². The van der Waals surface area contributed by atoms with Crippen LogP contribution in [0.3, 0.4) is 0 Å². The molecule has 32 heavy (non-hydrogen) atoms. The Hall–Kier alpha value is -2.80. The zero-order valence-corrected chi connectivity index (χ0v) is 16.6. The number of rotatable bonds is 3. The minimum absolute atomic E-state index is 0.0986. The molecule has 0 bridgehead atoms. The first-order valence-corrected chi connectivity index (χ1v) is 9.88. The van der Waals surface area contributed by atoms with Crippen molar-refractivity contribution in [2.45, 2.75) is 49.1 Å². The normalized spacial score (nSPS) is 32.2. The molecule has 2 unspecified atom stereocenters. The number of phenolic OH excluding ortho intramolecular Hbond substituents is 4. The summed E-state index contributed by atoms with van der Waals surface area (Å²) in [7, 11) is 0. The van der Waals surface area contributed by atoms with Crippen LogP contribution in [0.1, 0.15) is 28.9 Å². The van der Waals surface area contributed by atoms with Crippen LogP contribution in [0.5, 0.6) is 28.7 Å². The molecule has 2 aromatic carbocycles. The smallest absolute Gasteiger partial charge is 0.157 e. The Morgan fingerprint density at radius 2 is 1.50 bits per heavy atom. The second kappa shape index (κ2) is 8.28. The summed E-state index contributed by atoms with van der Waals surface area (Å²) < 4.78 is 11.4. The third-order valence-corrected chi connectivity index (χ3v) is 5.89. The van der Waals surface area contributed by atoms with Crippen LogP contribution in [-0.4, -0.2) is 83.1 Å². The third-order valence-electron chi connectivity index (χ3n) is 5.89. The minimum Gasteiger partial charge on any atom is -0.507 e. The number of hydrogen-bond donors (Lipinski definition) is 9. The van der Waals surface area contributed by atoms with Crippen LogP contribution in [-0.2, 0) is 11.2 Å². The molecular weight excluding hydrogens is 428 g/mol. The van der Waals surface area contributed by atoms with Crippen LogP contribution in [0.4, 0.5) is 0 Å². The van der Waals surface area contributed by atoms with Crippen molar-refractivity contribution in [3.8, 4) is 28.7 Å². The maximum absolute atomic E-state index is 10.6. The van der Waals surface area contributed by atoms with Gasteiger partial charge in [-0.05, 0) is 17.7 Å². The van der Waals surface area contributed by atoms with Crippen molar-refractivity contribution in [1.29, 1.82) is 0 Å². The summed E-state index contributed by atoms with van der Waals surface area (Å²) in [5.41, 5.74) is 0.220. The fourth-order valence-electron chi connectivity index (χ4n) is 4.17. The van der Waals surface area contributed by atoms with Gasteiger partial charge < -0.3 is 55.4 Å². The van der Waals surface area contributed by atoms with E-state index in [-0.39, 0.29) is 34.6 Å². The maximum atomic E-state index is 10.6. The lowest BCUT2D eigenvalue weighted by atomic mass is 9.86. The lowest BCUT2D eigenvalue weighted by molar-refractivity contribution is -0.232. The summed E-state index contributed by atoms with van der Waals surface area (Å²) >= 11 is 0. The van der Waals surface area contributed by atoms with Crippen molar-refractivity contribution < 1.29 is 55.4 Å². The second-order valence-electron chi connectivity index (χ2n) is 7.94. The third kappa shape index (κ3) is 3.58. The summed E-state index contributed by atoms with van der Waals surface area (Å²) in [6, 6.07) is 4.77. The Kier molecular flexibility index (Phi) is 5.79. The highest BCUT2D eigenvalue weighted by Gasteiger charge is 2.47. The molecule has 0 saturated carbocycles. The first-order chi connectivity index (χ1) is 15.1. The summed E-state index contributed by atoms with van der Waals surface area (Å²) in [5, 5.41) is 91.0. The Bertz CT molecular complexity index is 1010. The predicted octanol–water partition coefficient (Wildman–Crippen LogP) is -0.939. The van der Waals surface area contributed by atoms with E-state index in [0.717, 1.165) is 6.07 Å². The van der Waals surface area contributed by atoms with E-state index >= 15 is 0 Å². The van der Waals surface area contributed by atoms with Crippen molar-refractivity contribution in [3.05, 3.63) is 41.0 Å². The monoisotopic (exact) mass is 452 g/mol. The van der Waals surface area contributed by atoms with Crippen molar-refractivity contribution >= 4 is 0 Å². The lowest BCUT2D eigenvalue weighted by Gasteiger charge is -2.42. The first-order valence-electron chi connectivity index (χ1n) is 9.88. The molecular formula is C21H24O11. The predicted molar refractivity (Wildman–Crippen MR) is 105 cm³/mol. The zero-order valence-electron chi connectivity index (χ0n) is 16.6. The standard InChI is InChI=1S/C21H24O11/c22-6-14-16(28)17(29)18(30)21(31-14)15-12(26)5-10(24)8-4-13(27)19(32-20(8)15)7-1-2-9(23)11(25)3-7/h1-3,5,13-14,16-19,21-30H,4,6H2/t13-,14?,16-,17+,18?,19-,21+/m1/s1. The van der Waals surface area contributed by atoms with E-state index in [0.29, 0.717) is 0 Å². The quantitative estimate of drug-likeness (QED) is 0.260. The largest absolute Gasteiger partial charge is 0.507 e. The number of aliphatic hydroxyl groups excluding tert-OH is 5. The Morgan fingerprint density at radius 3 is 2.16 bits per heavy atom. The minimum atomic E-state index is -1.72. The van der Waals surface area contributed by atoms with Crippen LogP contribution < -0.4 is 4.74 Å². The van der Waals surface area contributed by atoms with Crippen LogP contribution in [0.2, 0.25) is 0 Å². The highest BCUT2D eigenvalue weighted by molar-refractivity contribution is 5.59. The van der Waals surface area contributed by atoms with Gasteiger partial charge in [0.1, 0.15) is 53.9 Å². The molecule has 174 valence electrons. The average molecular weight is 452 g/mol. The molecule has 2 aliphatic heterocycles. The highest BCUT2D eigenvalue weighted by Crippen LogP contribution is 2.50. The summed E-state index contributed by atoms with van der Waals surface area (Å²) in [6.07, 6.45) is -10.2. The van der Waals surface area contributed by atoms with Gasteiger partial charge in [0, 0.05) is 18.1 Å². The van der Waals surface area contributed by atoms with Gasteiger partial charge in [-0.15, -0.1) is 0 Å². The van der Waals surface area contributed by atoms with Gasteiger partial charge in [-0.25, -0.2) is 0 Å². The molecule has 7 atom stereocenters. The molecule has 0 aliphatic carbocycles.